The first-order chi connectivity index (χ1) is 16.4. The van der Waals surface area contributed by atoms with Gasteiger partial charge in [-0.25, -0.2) is 9.37 Å². The Kier molecular flexibility index (Phi) is 7.46. The van der Waals surface area contributed by atoms with Crippen molar-refractivity contribution in [3.63, 3.8) is 0 Å². The Morgan fingerprint density at radius 2 is 2.03 bits per heavy atom. The lowest BCUT2D eigenvalue weighted by molar-refractivity contribution is -0.121. The van der Waals surface area contributed by atoms with Crippen molar-refractivity contribution in [2.75, 3.05) is 18.4 Å². The van der Waals surface area contributed by atoms with Crippen molar-refractivity contribution in [3.8, 4) is 5.75 Å². The van der Waals surface area contributed by atoms with Gasteiger partial charge in [0.25, 0.3) is 5.91 Å². The highest BCUT2D eigenvalue weighted by molar-refractivity contribution is 7.15. The number of piperidine rings is 1. The van der Waals surface area contributed by atoms with Gasteiger partial charge in [0, 0.05) is 30.6 Å². The summed E-state index contributed by atoms with van der Waals surface area (Å²) in [4.78, 5) is 32.4. The van der Waals surface area contributed by atoms with Crippen LogP contribution in [0.15, 0.2) is 54.7 Å². The standard InChI is InChI=1S/C24H22F3N3O3S/c25-17-7-3-5-15(11-17)12-18-13-28-24(34-18)29-21(31)16-6-4-10-30(14-16)22(32)19-8-1-2-9-20(19)33-23(26)27/h1-3,5,7-9,11,13,16,23H,4,6,10,12,14H2,(H,28,29,31). The molecule has 6 nitrogen and oxygen atoms in total. The summed E-state index contributed by atoms with van der Waals surface area (Å²) in [6.07, 6.45) is 3.33. The van der Waals surface area contributed by atoms with Crippen LogP contribution >= 0.6 is 11.3 Å². The van der Waals surface area contributed by atoms with E-state index >= 15 is 0 Å². The molecule has 3 aromatic rings. The topological polar surface area (TPSA) is 71.5 Å². The minimum atomic E-state index is -3.04. The molecule has 1 aromatic heterocycles. The van der Waals surface area contributed by atoms with Gasteiger partial charge in [0.2, 0.25) is 5.91 Å². The summed E-state index contributed by atoms with van der Waals surface area (Å²) in [6, 6.07) is 12.1. The van der Waals surface area contributed by atoms with Crippen LogP contribution < -0.4 is 10.1 Å². The second kappa shape index (κ2) is 10.7. The van der Waals surface area contributed by atoms with E-state index in [1.165, 1.54) is 46.6 Å². The van der Waals surface area contributed by atoms with Crippen LogP contribution in [-0.2, 0) is 11.2 Å². The number of hydrogen-bond donors (Lipinski definition) is 1. The smallest absolute Gasteiger partial charge is 0.387 e. The molecule has 1 saturated heterocycles. The number of para-hydroxylation sites is 1. The van der Waals surface area contributed by atoms with Crippen molar-refractivity contribution in [2.24, 2.45) is 5.92 Å². The molecule has 10 heteroatoms. The predicted octanol–water partition coefficient (Wildman–Crippen LogP) is 4.97. The number of halogens is 3. The number of benzene rings is 2. The Labute approximate surface area is 198 Å². The van der Waals surface area contributed by atoms with Crippen LogP contribution in [0.3, 0.4) is 0 Å². The molecular formula is C24H22F3N3O3S. The van der Waals surface area contributed by atoms with Gasteiger partial charge in [-0.1, -0.05) is 24.3 Å². The largest absolute Gasteiger partial charge is 0.434 e. The first-order valence-corrected chi connectivity index (χ1v) is 11.5. The predicted molar refractivity (Wildman–Crippen MR) is 122 cm³/mol. The first kappa shape index (κ1) is 23.7. The van der Waals surface area contributed by atoms with Gasteiger partial charge in [0.05, 0.1) is 11.5 Å². The Morgan fingerprint density at radius 3 is 2.82 bits per heavy atom. The third-order valence-corrected chi connectivity index (χ3v) is 6.38. The number of hydrogen-bond acceptors (Lipinski definition) is 5. The zero-order chi connectivity index (χ0) is 24.1. The van der Waals surface area contributed by atoms with Crippen LogP contribution in [0.25, 0.3) is 0 Å². The van der Waals surface area contributed by atoms with E-state index in [1.54, 1.807) is 18.3 Å². The van der Waals surface area contributed by atoms with E-state index in [1.807, 2.05) is 6.07 Å². The lowest BCUT2D eigenvalue weighted by Crippen LogP contribution is -2.43. The molecule has 0 bridgehead atoms. The van der Waals surface area contributed by atoms with E-state index in [-0.39, 0.29) is 29.6 Å². The van der Waals surface area contributed by atoms with Gasteiger partial charge in [0.15, 0.2) is 5.13 Å². The molecule has 2 amide bonds. The van der Waals surface area contributed by atoms with Crippen molar-refractivity contribution in [1.29, 1.82) is 0 Å². The van der Waals surface area contributed by atoms with Gasteiger partial charge in [-0.3, -0.25) is 9.59 Å². The lowest BCUT2D eigenvalue weighted by Gasteiger charge is -2.32. The normalized spacial score (nSPS) is 15.9. The van der Waals surface area contributed by atoms with E-state index in [9.17, 15) is 22.8 Å². The number of nitrogens with one attached hydrogen (secondary N) is 1. The number of alkyl halides is 2. The molecule has 4 rings (SSSR count). The molecule has 1 aliphatic heterocycles. The maximum atomic E-state index is 13.4. The van der Waals surface area contributed by atoms with E-state index in [2.05, 4.69) is 15.0 Å². The zero-order valence-electron chi connectivity index (χ0n) is 18.0. The number of aromatic nitrogens is 1. The molecule has 34 heavy (non-hydrogen) atoms. The highest BCUT2D eigenvalue weighted by Gasteiger charge is 2.30. The summed E-state index contributed by atoms with van der Waals surface area (Å²) in [6.45, 7) is -2.46. The van der Waals surface area contributed by atoms with Crippen molar-refractivity contribution in [3.05, 3.63) is 76.5 Å². The molecule has 1 aliphatic rings. The van der Waals surface area contributed by atoms with Gasteiger partial charge >= 0.3 is 6.61 Å². The van der Waals surface area contributed by atoms with E-state index in [0.717, 1.165) is 10.4 Å². The minimum Gasteiger partial charge on any atom is -0.434 e. The molecule has 178 valence electrons. The van der Waals surface area contributed by atoms with Gasteiger partial charge in [0.1, 0.15) is 11.6 Å². The van der Waals surface area contributed by atoms with E-state index in [0.29, 0.717) is 30.9 Å². The maximum absolute atomic E-state index is 13.4. The van der Waals surface area contributed by atoms with Crippen molar-refractivity contribution in [2.45, 2.75) is 25.9 Å². The number of carbonyl (C=O) groups is 2. The van der Waals surface area contributed by atoms with Crippen molar-refractivity contribution < 1.29 is 27.5 Å². The summed E-state index contributed by atoms with van der Waals surface area (Å²) in [7, 11) is 0. The molecule has 1 unspecified atom stereocenters. The molecule has 0 saturated carbocycles. The number of likely N-dealkylation sites (tertiary alicyclic amines) is 1. The van der Waals surface area contributed by atoms with Gasteiger partial charge in [-0.2, -0.15) is 8.78 Å². The van der Waals surface area contributed by atoms with Crippen LogP contribution in [0.4, 0.5) is 18.3 Å². The number of nitrogens with zero attached hydrogens (tertiary/aromatic N) is 2. The van der Waals surface area contributed by atoms with Crippen LogP contribution in [0, 0.1) is 11.7 Å². The summed E-state index contributed by atoms with van der Waals surface area (Å²) in [5, 5.41) is 3.22. The maximum Gasteiger partial charge on any atom is 0.387 e. The first-order valence-electron chi connectivity index (χ1n) is 10.7. The molecule has 0 spiro atoms. The number of anilines is 1. The van der Waals surface area contributed by atoms with Gasteiger partial charge in [-0.05, 0) is 42.7 Å². The second-order valence-electron chi connectivity index (χ2n) is 7.89. The number of rotatable bonds is 7. The number of amides is 2. The number of carbonyl (C=O) groups excluding carboxylic acids is 2. The monoisotopic (exact) mass is 489 g/mol. The van der Waals surface area contributed by atoms with Crippen LogP contribution in [-0.4, -0.2) is 41.4 Å². The quantitative estimate of drug-likeness (QED) is 0.509. The fourth-order valence-corrected chi connectivity index (χ4v) is 4.74. The summed E-state index contributed by atoms with van der Waals surface area (Å²) in [5.41, 5.74) is 0.838. The molecule has 2 aromatic carbocycles. The molecule has 0 radical (unpaired) electrons. The molecule has 1 fully saturated rings. The highest BCUT2D eigenvalue weighted by Crippen LogP contribution is 2.27. The Morgan fingerprint density at radius 1 is 1.21 bits per heavy atom. The fourth-order valence-electron chi connectivity index (χ4n) is 3.89. The highest BCUT2D eigenvalue weighted by atomic mass is 32.1. The Balaban J connectivity index is 1.38. The van der Waals surface area contributed by atoms with Gasteiger partial charge in [-0.15, -0.1) is 11.3 Å². The van der Waals surface area contributed by atoms with Crippen LogP contribution in [0.2, 0.25) is 0 Å². The molecule has 0 aliphatic carbocycles. The average molecular weight is 490 g/mol. The summed E-state index contributed by atoms with van der Waals surface area (Å²) >= 11 is 1.30. The van der Waals surface area contributed by atoms with Crippen molar-refractivity contribution >= 4 is 28.3 Å². The minimum absolute atomic E-state index is 0.0331. The summed E-state index contributed by atoms with van der Waals surface area (Å²) < 4.78 is 43.3. The number of ether oxygens (including phenoxy) is 1. The molecule has 2 heterocycles. The fraction of sp³-hybridized carbons (Fsp3) is 0.292. The molecule has 1 atom stereocenters. The second-order valence-corrected chi connectivity index (χ2v) is 9.01. The Bertz CT molecular complexity index is 1170. The Hall–Kier alpha value is -3.40. The van der Waals surface area contributed by atoms with Crippen molar-refractivity contribution in [1.82, 2.24) is 9.88 Å². The third-order valence-electron chi connectivity index (χ3n) is 5.46. The summed E-state index contributed by atoms with van der Waals surface area (Å²) in [5.74, 6) is -1.68. The average Bonchev–Trinajstić information content (AvgIpc) is 3.25. The zero-order valence-corrected chi connectivity index (χ0v) is 18.9. The van der Waals surface area contributed by atoms with Crippen LogP contribution in [0.5, 0.6) is 5.75 Å². The van der Waals surface area contributed by atoms with E-state index in [4.69, 9.17) is 0 Å². The van der Waals surface area contributed by atoms with Gasteiger partial charge < -0.3 is 15.0 Å². The number of thiazole rings is 1. The van der Waals surface area contributed by atoms with Crippen LogP contribution in [0.1, 0.15) is 33.6 Å². The SMILES string of the molecule is O=C(Nc1ncc(Cc2cccc(F)c2)s1)C1CCCN(C(=O)c2ccccc2OC(F)F)C1. The van der Waals surface area contributed by atoms with E-state index < -0.39 is 18.4 Å². The lowest BCUT2D eigenvalue weighted by atomic mass is 9.96. The molecular weight excluding hydrogens is 467 g/mol. The molecule has 1 N–H and O–H groups in total. The third kappa shape index (κ3) is 5.93.